The van der Waals surface area contributed by atoms with Gasteiger partial charge in [0.15, 0.2) is 0 Å². The summed E-state index contributed by atoms with van der Waals surface area (Å²) in [6.07, 6.45) is 1.55. The van der Waals surface area contributed by atoms with Gasteiger partial charge in [0.05, 0.1) is 12.1 Å². The van der Waals surface area contributed by atoms with E-state index >= 15 is 0 Å². The maximum atomic E-state index is 8.85. The molecule has 4 nitrogen and oxygen atoms in total. The lowest BCUT2D eigenvalue weighted by atomic mass is 10.3. The molecule has 2 aromatic rings. The Morgan fingerprint density at radius 3 is 2.79 bits per heavy atom. The number of halogens is 1. The van der Waals surface area contributed by atoms with Gasteiger partial charge < -0.3 is 10.1 Å². The predicted octanol–water partition coefficient (Wildman–Crippen LogP) is 3.10. The molecule has 0 spiro atoms. The number of nitriles is 1. The first-order valence-electron chi connectivity index (χ1n) is 5.77. The molecule has 0 atom stereocenters. The monoisotopic (exact) mass is 273 g/mol. The quantitative estimate of drug-likeness (QED) is 0.851. The Labute approximate surface area is 116 Å². The average molecular weight is 274 g/mol. The Kier molecular flexibility index (Phi) is 4.60. The maximum Gasteiger partial charge on any atom is 0.146 e. The highest BCUT2D eigenvalue weighted by atomic mass is 35.5. The second-order valence-electron chi connectivity index (χ2n) is 3.72. The highest BCUT2D eigenvalue weighted by Crippen LogP contribution is 2.22. The van der Waals surface area contributed by atoms with Gasteiger partial charge in [-0.3, -0.25) is 0 Å². The molecular formula is C14H12ClN3O. The topological polar surface area (TPSA) is 57.9 Å². The van der Waals surface area contributed by atoms with Crippen LogP contribution in [0.4, 0.5) is 5.82 Å². The van der Waals surface area contributed by atoms with Crippen LogP contribution in [0, 0.1) is 11.3 Å². The average Bonchev–Trinajstić information content (AvgIpc) is 2.46. The minimum absolute atomic E-state index is 0.338. The molecule has 1 heterocycles. The van der Waals surface area contributed by atoms with Crippen molar-refractivity contribution < 1.29 is 4.74 Å². The molecule has 96 valence electrons. The lowest BCUT2D eigenvalue weighted by Gasteiger charge is -2.09. The third kappa shape index (κ3) is 3.60. The summed E-state index contributed by atoms with van der Waals surface area (Å²) < 4.78 is 5.53. The van der Waals surface area contributed by atoms with Gasteiger partial charge in [-0.2, -0.15) is 5.26 Å². The minimum atomic E-state index is 0.338. The molecular weight excluding hydrogens is 262 g/mol. The SMILES string of the molecule is N#Cc1ccnc(NCCOc2ccccc2)c1Cl. The lowest BCUT2D eigenvalue weighted by molar-refractivity contribution is 0.333. The number of benzene rings is 1. The first kappa shape index (κ1) is 13.2. The van der Waals surface area contributed by atoms with Crippen molar-refractivity contribution in [2.24, 2.45) is 0 Å². The Bertz CT molecular complexity index is 581. The molecule has 0 unspecified atom stereocenters. The summed E-state index contributed by atoms with van der Waals surface area (Å²) in [6, 6.07) is 13.1. The number of hydrogen-bond donors (Lipinski definition) is 1. The minimum Gasteiger partial charge on any atom is -0.492 e. The van der Waals surface area contributed by atoms with E-state index in [1.165, 1.54) is 0 Å². The highest BCUT2D eigenvalue weighted by molar-refractivity contribution is 6.34. The molecule has 1 aromatic carbocycles. The first-order valence-corrected chi connectivity index (χ1v) is 6.15. The Hall–Kier alpha value is -2.25. The van der Waals surface area contributed by atoms with Gasteiger partial charge in [-0.1, -0.05) is 29.8 Å². The summed E-state index contributed by atoms with van der Waals surface area (Å²) in [4.78, 5) is 4.08. The molecule has 0 saturated heterocycles. The molecule has 0 aliphatic carbocycles. The van der Waals surface area contributed by atoms with Crippen molar-refractivity contribution in [2.45, 2.75) is 0 Å². The molecule has 0 bridgehead atoms. The van der Waals surface area contributed by atoms with Crippen LogP contribution in [0.2, 0.25) is 5.02 Å². The lowest BCUT2D eigenvalue weighted by Crippen LogP contribution is -2.12. The molecule has 2 rings (SSSR count). The highest BCUT2D eigenvalue weighted by Gasteiger charge is 2.06. The summed E-state index contributed by atoms with van der Waals surface area (Å²) in [6.45, 7) is 1.04. The van der Waals surface area contributed by atoms with Crippen molar-refractivity contribution in [3.8, 4) is 11.8 Å². The Balaban J connectivity index is 1.85. The van der Waals surface area contributed by atoms with E-state index in [9.17, 15) is 0 Å². The Morgan fingerprint density at radius 2 is 2.05 bits per heavy atom. The van der Waals surface area contributed by atoms with E-state index in [4.69, 9.17) is 21.6 Å². The van der Waals surface area contributed by atoms with Crippen LogP contribution in [0.15, 0.2) is 42.6 Å². The van der Waals surface area contributed by atoms with Crippen molar-refractivity contribution in [1.29, 1.82) is 5.26 Å². The van der Waals surface area contributed by atoms with Crippen LogP contribution in [0.1, 0.15) is 5.56 Å². The van der Waals surface area contributed by atoms with Gasteiger partial charge >= 0.3 is 0 Å². The van der Waals surface area contributed by atoms with Crippen LogP contribution in [-0.4, -0.2) is 18.1 Å². The van der Waals surface area contributed by atoms with E-state index in [0.29, 0.717) is 29.6 Å². The summed E-state index contributed by atoms with van der Waals surface area (Å²) in [5.41, 5.74) is 0.406. The third-order valence-corrected chi connectivity index (χ3v) is 2.80. The third-order valence-electron chi connectivity index (χ3n) is 2.42. The molecule has 0 radical (unpaired) electrons. The number of hydrogen-bond acceptors (Lipinski definition) is 4. The van der Waals surface area contributed by atoms with E-state index in [1.807, 2.05) is 36.4 Å². The van der Waals surface area contributed by atoms with Crippen molar-refractivity contribution in [3.63, 3.8) is 0 Å². The van der Waals surface area contributed by atoms with Crippen LogP contribution in [0.25, 0.3) is 0 Å². The summed E-state index contributed by atoms with van der Waals surface area (Å²) in [5.74, 6) is 1.31. The summed E-state index contributed by atoms with van der Waals surface area (Å²) in [7, 11) is 0. The predicted molar refractivity (Wildman–Crippen MR) is 74.4 cm³/mol. The molecule has 0 amide bonds. The van der Waals surface area contributed by atoms with Gasteiger partial charge in [-0.25, -0.2) is 4.98 Å². The van der Waals surface area contributed by atoms with Crippen molar-refractivity contribution in [2.75, 3.05) is 18.5 Å². The van der Waals surface area contributed by atoms with E-state index in [2.05, 4.69) is 10.3 Å². The molecule has 19 heavy (non-hydrogen) atoms. The van der Waals surface area contributed by atoms with Gasteiger partial charge in [-0.05, 0) is 18.2 Å². The molecule has 1 N–H and O–H groups in total. The molecule has 1 aromatic heterocycles. The number of pyridine rings is 1. The normalized spacial score (nSPS) is 9.68. The van der Waals surface area contributed by atoms with Gasteiger partial charge in [0.25, 0.3) is 0 Å². The van der Waals surface area contributed by atoms with E-state index < -0.39 is 0 Å². The number of nitrogens with zero attached hydrogens (tertiary/aromatic N) is 2. The number of rotatable bonds is 5. The number of nitrogens with one attached hydrogen (secondary N) is 1. The van der Waals surface area contributed by atoms with Crippen molar-refractivity contribution in [3.05, 3.63) is 53.2 Å². The zero-order chi connectivity index (χ0) is 13.5. The van der Waals surface area contributed by atoms with Crippen LogP contribution in [0.3, 0.4) is 0 Å². The van der Waals surface area contributed by atoms with E-state index in [0.717, 1.165) is 5.75 Å². The van der Waals surface area contributed by atoms with E-state index in [-0.39, 0.29) is 0 Å². The first-order chi connectivity index (χ1) is 9.31. The fourth-order valence-corrected chi connectivity index (χ4v) is 1.73. The fourth-order valence-electron chi connectivity index (χ4n) is 1.51. The van der Waals surface area contributed by atoms with Crippen molar-refractivity contribution >= 4 is 17.4 Å². The number of ether oxygens (including phenoxy) is 1. The van der Waals surface area contributed by atoms with E-state index in [1.54, 1.807) is 12.3 Å². The second-order valence-corrected chi connectivity index (χ2v) is 4.10. The maximum absolute atomic E-state index is 8.85. The van der Waals surface area contributed by atoms with Crippen LogP contribution < -0.4 is 10.1 Å². The smallest absolute Gasteiger partial charge is 0.146 e. The van der Waals surface area contributed by atoms with Gasteiger partial charge in [-0.15, -0.1) is 0 Å². The molecule has 0 aliphatic heterocycles. The van der Waals surface area contributed by atoms with Crippen LogP contribution in [0.5, 0.6) is 5.75 Å². The number of anilines is 1. The van der Waals surface area contributed by atoms with Gasteiger partial charge in [0.1, 0.15) is 29.3 Å². The van der Waals surface area contributed by atoms with Crippen molar-refractivity contribution in [1.82, 2.24) is 4.98 Å². The molecule has 0 fully saturated rings. The molecule has 0 saturated carbocycles. The van der Waals surface area contributed by atoms with Gasteiger partial charge in [0.2, 0.25) is 0 Å². The largest absolute Gasteiger partial charge is 0.492 e. The summed E-state index contributed by atoms with van der Waals surface area (Å²) >= 11 is 6.02. The Morgan fingerprint density at radius 1 is 1.26 bits per heavy atom. The zero-order valence-electron chi connectivity index (χ0n) is 10.1. The zero-order valence-corrected chi connectivity index (χ0v) is 10.9. The van der Waals surface area contributed by atoms with Crippen LogP contribution in [-0.2, 0) is 0 Å². The number of aromatic nitrogens is 1. The van der Waals surface area contributed by atoms with Gasteiger partial charge in [0, 0.05) is 6.20 Å². The number of para-hydroxylation sites is 1. The molecule has 0 aliphatic rings. The van der Waals surface area contributed by atoms with Crippen LogP contribution >= 0.6 is 11.6 Å². The molecule has 5 heteroatoms. The fraction of sp³-hybridized carbons (Fsp3) is 0.143. The summed E-state index contributed by atoms with van der Waals surface area (Å²) in [5, 5.41) is 12.2. The second kappa shape index (κ2) is 6.62. The standard InChI is InChI=1S/C14H12ClN3O/c15-13-11(10-16)6-7-17-14(13)18-8-9-19-12-4-2-1-3-5-12/h1-7H,8-9H2,(H,17,18).